The lowest BCUT2D eigenvalue weighted by molar-refractivity contribution is -0.120. The fraction of sp³-hybridized carbons (Fsp3) is 0.214. The smallest absolute Gasteiger partial charge is 0.282 e. The van der Waals surface area contributed by atoms with E-state index in [1.54, 1.807) is 25.3 Å². The van der Waals surface area contributed by atoms with E-state index >= 15 is 0 Å². The van der Waals surface area contributed by atoms with Crippen LogP contribution < -0.4 is 19.7 Å². The molecule has 2 amide bonds. The number of nitrogens with zero attached hydrogens (tertiary/aromatic N) is 1. The molecule has 3 aromatic rings. The van der Waals surface area contributed by atoms with Crippen molar-refractivity contribution in [2.75, 3.05) is 23.9 Å². The Morgan fingerprint density at radius 2 is 1.65 bits per heavy atom. The number of amides is 2. The zero-order valence-corrected chi connectivity index (χ0v) is 19.8. The van der Waals surface area contributed by atoms with Gasteiger partial charge >= 0.3 is 0 Å². The molecular formula is C28H28N2O4. The number of aryl methyl sites for hydroxylation is 2. The maximum Gasteiger partial charge on any atom is 0.282 e. The zero-order valence-electron chi connectivity index (χ0n) is 19.8. The molecule has 1 aliphatic heterocycles. The van der Waals surface area contributed by atoms with E-state index in [0.29, 0.717) is 40.6 Å². The van der Waals surface area contributed by atoms with E-state index in [9.17, 15) is 9.59 Å². The van der Waals surface area contributed by atoms with Crippen molar-refractivity contribution in [2.24, 2.45) is 0 Å². The van der Waals surface area contributed by atoms with Crippen molar-refractivity contribution in [3.05, 3.63) is 89.1 Å². The lowest BCUT2D eigenvalue weighted by atomic mass is 10.0. The van der Waals surface area contributed by atoms with Gasteiger partial charge in [-0.05, 0) is 61.7 Å². The maximum atomic E-state index is 13.7. The van der Waals surface area contributed by atoms with E-state index in [0.717, 1.165) is 17.5 Å². The summed E-state index contributed by atoms with van der Waals surface area (Å²) in [6, 6.07) is 20.2. The molecule has 0 radical (unpaired) electrons. The number of ether oxygens (including phenoxy) is 2. The monoisotopic (exact) mass is 456 g/mol. The van der Waals surface area contributed by atoms with Gasteiger partial charge in [0, 0.05) is 0 Å². The van der Waals surface area contributed by atoms with Crippen molar-refractivity contribution >= 4 is 28.8 Å². The Morgan fingerprint density at radius 3 is 2.32 bits per heavy atom. The minimum atomic E-state index is -0.413. The van der Waals surface area contributed by atoms with Gasteiger partial charge in [0.2, 0.25) is 0 Å². The molecule has 0 aromatic heterocycles. The highest BCUT2D eigenvalue weighted by Gasteiger charge is 2.41. The predicted molar refractivity (Wildman–Crippen MR) is 134 cm³/mol. The molecular weight excluding hydrogens is 428 g/mol. The third kappa shape index (κ3) is 4.39. The highest BCUT2D eigenvalue weighted by molar-refractivity contribution is 6.46. The number of imide groups is 1. The van der Waals surface area contributed by atoms with Crippen LogP contribution in [0.1, 0.15) is 30.0 Å². The fourth-order valence-corrected chi connectivity index (χ4v) is 4.01. The molecule has 1 heterocycles. The van der Waals surface area contributed by atoms with Crippen molar-refractivity contribution in [1.29, 1.82) is 0 Å². The van der Waals surface area contributed by atoms with Crippen LogP contribution in [-0.2, 0) is 9.59 Å². The average Bonchev–Trinajstić information content (AvgIpc) is 3.08. The highest BCUT2D eigenvalue weighted by Crippen LogP contribution is 2.37. The third-order valence-corrected chi connectivity index (χ3v) is 5.66. The number of nitrogens with one attached hydrogen (secondary N) is 1. The number of rotatable bonds is 8. The summed E-state index contributed by atoms with van der Waals surface area (Å²) in [6.07, 6.45) is 0.901. The molecule has 6 heteroatoms. The summed E-state index contributed by atoms with van der Waals surface area (Å²) in [5, 5.41) is 3.18. The van der Waals surface area contributed by atoms with Crippen molar-refractivity contribution in [2.45, 2.75) is 27.2 Å². The molecule has 0 atom stereocenters. The molecule has 1 aliphatic rings. The van der Waals surface area contributed by atoms with E-state index in [4.69, 9.17) is 9.47 Å². The van der Waals surface area contributed by atoms with Crippen molar-refractivity contribution in [3.63, 3.8) is 0 Å². The van der Waals surface area contributed by atoms with Crippen molar-refractivity contribution in [3.8, 4) is 11.5 Å². The van der Waals surface area contributed by atoms with Gasteiger partial charge in [0.15, 0.2) is 0 Å². The van der Waals surface area contributed by atoms with E-state index in [1.807, 2.05) is 69.3 Å². The van der Waals surface area contributed by atoms with Crippen molar-refractivity contribution in [1.82, 2.24) is 0 Å². The largest absolute Gasteiger partial charge is 0.495 e. The minimum absolute atomic E-state index is 0.205. The first-order valence-electron chi connectivity index (χ1n) is 11.3. The minimum Gasteiger partial charge on any atom is -0.495 e. The van der Waals surface area contributed by atoms with Crippen LogP contribution in [-0.4, -0.2) is 25.5 Å². The number of methoxy groups -OCH3 is 1. The zero-order chi connectivity index (χ0) is 24.2. The van der Waals surface area contributed by atoms with Crippen LogP contribution in [0.2, 0.25) is 0 Å². The average molecular weight is 457 g/mol. The quantitative estimate of drug-likeness (QED) is 0.454. The number of carbonyl (C=O) groups excluding carboxylic acids is 2. The first-order valence-corrected chi connectivity index (χ1v) is 11.3. The molecule has 0 unspecified atom stereocenters. The Kier molecular flexibility index (Phi) is 6.68. The Balaban J connectivity index is 1.80. The molecule has 0 fully saturated rings. The number of anilines is 2. The second kappa shape index (κ2) is 9.83. The van der Waals surface area contributed by atoms with Gasteiger partial charge in [-0.25, -0.2) is 4.90 Å². The van der Waals surface area contributed by atoms with Crippen LogP contribution in [0.25, 0.3) is 5.57 Å². The van der Waals surface area contributed by atoms with Gasteiger partial charge in [-0.1, -0.05) is 48.9 Å². The molecule has 34 heavy (non-hydrogen) atoms. The summed E-state index contributed by atoms with van der Waals surface area (Å²) in [5.74, 6) is 0.497. The summed E-state index contributed by atoms with van der Waals surface area (Å²) in [5.41, 5.74) is 4.22. The molecule has 0 spiro atoms. The van der Waals surface area contributed by atoms with Gasteiger partial charge in [-0.3, -0.25) is 9.59 Å². The van der Waals surface area contributed by atoms with Crippen molar-refractivity contribution < 1.29 is 19.1 Å². The highest BCUT2D eigenvalue weighted by atomic mass is 16.5. The number of hydrogen-bond donors (Lipinski definition) is 1. The lowest BCUT2D eigenvalue weighted by Crippen LogP contribution is -2.33. The van der Waals surface area contributed by atoms with E-state index in [-0.39, 0.29) is 11.6 Å². The molecule has 0 aliphatic carbocycles. The van der Waals surface area contributed by atoms with E-state index in [1.165, 1.54) is 4.90 Å². The van der Waals surface area contributed by atoms with Crippen LogP contribution in [0.3, 0.4) is 0 Å². The second-order valence-corrected chi connectivity index (χ2v) is 8.18. The topological polar surface area (TPSA) is 67.9 Å². The Labute approximate surface area is 199 Å². The fourth-order valence-electron chi connectivity index (χ4n) is 4.01. The van der Waals surface area contributed by atoms with Gasteiger partial charge in [-0.15, -0.1) is 0 Å². The van der Waals surface area contributed by atoms with Crippen LogP contribution in [0.15, 0.2) is 72.4 Å². The molecule has 0 saturated heterocycles. The van der Waals surface area contributed by atoms with Crippen LogP contribution in [0.4, 0.5) is 11.4 Å². The first kappa shape index (κ1) is 23.1. The Hall–Kier alpha value is -4.06. The molecule has 6 nitrogen and oxygen atoms in total. The predicted octanol–water partition coefficient (Wildman–Crippen LogP) is 5.50. The van der Waals surface area contributed by atoms with Gasteiger partial charge < -0.3 is 14.8 Å². The summed E-state index contributed by atoms with van der Waals surface area (Å²) in [4.78, 5) is 28.6. The number of benzene rings is 3. The lowest BCUT2D eigenvalue weighted by Gasteiger charge is -2.18. The second-order valence-electron chi connectivity index (χ2n) is 8.18. The van der Waals surface area contributed by atoms with Gasteiger partial charge in [0.1, 0.15) is 17.2 Å². The summed E-state index contributed by atoms with van der Waals surface area (Å²) >= 11 is 0. The molecule has 1 N–H and O–H groups in total. The van der Waals surface area contributed by atoms with E-state index in [2.05, 4.69) is 5.32 Å². The van der Waals surface area contributed by atoms with Crippen LogP contribution in [0.5, 0.6) is 11.5 Å². The SMILES string of the molecule is CCCOc1ccc(C2=C(Nc3ccccc3OC)C(=O)N(c3ccc(C)cc3C)C2=O)cc1. The third-order valence-electron chi connectivity index (χ3n) is 5.66. The molecule has 0 bridgehead atoms. The molecule has 174 valence electrons. The van der Waals surface area contributed by atoms with Crippen LogP contribution >= 0.6 is 0 Å². The summed E-state index contributed by atoms with van der Waals surface area (Å²) in [7, 11) is 1.56. The van der Waals surface area contributed by atoms with Gasteiger partial charge in [-0.2, -0.15) is 0 Å². The Morgan fingerprint density at radius 1 is 0.912 bits per heavy atom. The Bertz CT molecular complexity index is 1260. The molecule has 4 rings (SSSR count). The standard InChI is InChI=1S/C28H28N2O4/c1-5-16-34-21-13-11-20(12-14-21)25-26(29-22-8-6-7-9-24(22)33-4)28(32)30(27(25)31)23-15-10-18(2)17-19(23)3/h6-15,17,29H,5,16H2,1-4H3. The van der Waals surface area contributed by atoms with Gasteiger partial charge in [0.05, 0.1) is 30.7 Å². The number of hydrogen-bond acceptors (Lipinski definition) is 5. The molecule has 0 saturated carbocycles. The number of carbonyl (C=O) groups is 2. The first-order chi connectivity index (χ1) is 16.4. The normalized spacial score (nSPS) is 13.5. The van der Waals surface area contributed by atoms with Gasteiger partial charge in [0.25, 0.3) is 11.8 Å². The maximum absolute atomic E-state index is 13.7. The molecule has 3 aromatic carbocycles. The summed E-state index contributed by atoms with van der Waals surface area (Å²) < 4.78 is 11.1. The number of para-hydroxylation sites is 2. The van der Waals surface area contributed by atoms with Crippen LogP contribution in [0, 0.1) is 13.8 Å². The summed E-state index contributed by atoms with van der Waals surface area (Å²) in [6.45, 7) is 6.53. The van der Waals surface area contributed by atoms with E-state index < -0.39 is 5.91 Å².